The lowest BCUT2D eigenvalue weighted by atomic mass is 9.84. The van der Waals surface area contributed by atoms with Gasteiger partial charge < -0.3 is 4.55 Å². The van der Waals surface area contributed by atoms with Gasteiger partial charge in [-0.05, 0) is 43.7 Å². The van der Waals surface area contributed by atoms with Gasteiger partial charge in [-0.3, -0.25) is 0 Å². The molecular weight excluding hydrogens is 242 g/mol. The summed E-state index contributed by atoms with van der Waals surface area (Å²) in [6.45, 7) is 4.33. The van der Waals surface area contributed by atoms with Crippen LogP contribution >= 0.6 is 0 Å². The molecule has 1 saturated carbocycles. The Morgan fingerprint density at radius 3 is 2.39 bits per heavy atom. The second-order valence-electron chi connectivity index (χ2n) is 5.34. The summed E-state index contributed by atoms with van der Waals surface area (Å²) in [6.07, 6.45) is 6.84. The minimum Gasteiger partial charge on any atom is -0.586 e. The SMILES string of the molecule is Cc1ccc([S+]([O-])/N=C/[C@H]2CC[C@H](C)CC2)cc1. The lowest BCUT2D eigenvalue weighted by Gasteiger charge is -2.22. The van der Waals surface area contributed by atoms with Crippen molar-refractivity contribution in [3.8, 4) is 0 Å². The predicted octanol–water partition coefficient (Wildman–Crippen LogP) is 3.91. The van der Waals surface area contributed by atoms with E-state index in [-0.39, 0.29) is 0 Å². The van der Waals surface area contributed by atoms with Gasteiger partial charge in [-0.2, -0.15) is 0 Å². The molecule has 0 saturated heterocycles. The van der Waals surface area contributed by atoms with Gasteiger partial charge in [0.1, 0.15) is 11.4 Å². The van der Waals surface area contributed by atoms with Crippen molar-refractivity contribution in [1.82, 2.24) is 0 Å². The highest BCUT2D eigenvalue weighted by Gasteiger charge is 2.18. The van der Waals surface area contributed by atoms with Crippen LogP contribution in [0.2, 0.25) is 0 Å². The summed E-state index contributed by atoms with van der Waals surface area (Å²) in [4.78, 5) is 0.793. The normalized spacial score (nSPS) is 26.4. The van der Waals surface area contributed by atoms with E-state index in [2.05, 4.69) is 11.3 Å². The van der Waals surface area contributed by atoms with Crippen molar-refractivity contribution < 1.29 is 4.55 Å². The second-order valence-corrected chi connectivity index (χ2v) is 6.52. The van der Waals surface area contributed by atoms with E-state index in [0.29, 0.717) is 5.92 Å². The molecule has 2 rings (SSSR count). The molecule has 0 aromatic heterocycles. The maximum Gasteiger partial charge on any atom is 0.182 e. The second kappa shape index (κ2) is 6.39. The number of aryl methyl sites for hydroxylation is 1. The third-order valence-corrected chi connectivity index (χ3v) is 4.64. The molecule has 1 aliphatic rings. The van der Waals surface area contributed by atoms with Crippen LogP contribution in [0, 0.1) is 18.8 Å². The Morgan fingerprint density at radius 2 is 1.78 bits per heavy atom. The average molecular weight is 263 g/mol. The van der Waals surface area contributed by atoms with Crippen molar-refractivity contribution in [2.24, 2.45) is 16.2 Å². The minimum absolute atomic E-state index is 0.524. The first-order valence-electron chi connectivity index (χ1n) is 6.68. The van der Waals surface area contributed by atoms with Crippen LogP contribution in [0.5, 0.6) is 0 Å². The predicted molar refractivity (Wildman–Crippen MR) is 77.2 cm³/mol. The number of rotatable bonds is 3. The monoisotopic (exact) mass is 263 g/mol. The molecule has 2 nitrogen and oxygen atoms in total. The summed E-state index contributed by atoms with van der Waals surface area (Å²) < 4.78 is 16.2. The van der Waals surface area contributed by atoms with E-state index in [9.17, 15) is 4.55 Å². The minimum atomic E-state index is -1.23. The maximum atomic E-state index is 12.0. The molecule has 0 aliphatic heterocycles. The molecule has 18 heavy (non-hydrogen) atoms. The first kappa shape index (κ1) is 13.6. The van der Waals surface area contributed by atoms with Gasteiger partial charge in [0.25, 0.3) is 0 Å². The highest BCUT2D eigenvalue weighted by molar-refractivity contribution is 7.90. The number of nitrogens with zero attached hydrogens (tertiary/aromatic N) is 1. The van der Waals surface area contributed by atoms with Gasteiger partial charge in [-0.25, -0.2) is 0 Å². The molecular formula is C15H21NOS. The molecule has 1 aliphatic carbocycles. The third kappa shape index (κ3) is 3.85. The Labute approximate surface area is 113 Å². The van der Waals surface area contributed by atoms with Crippen LogP contribution in [0.15, 0.2) is 33.6 Å². The molecule has 1 aromatic rings. The molecule has 0 heterocycles. The lowest BCUT2D eigenvalue weighted by molar-refractivity contribution is 0.347. The van der Waals surface area contributed by atoms with E-state index in [1.54, 1.807) is 0 Å². The molecule has 0 radical (unpaired) electrons. The van der Waals surface area contributed by atoms with E-state index in [0.717, 1.165) is 10.8 Å². The third-order valence-electron chi connectivity index (χ3n) is 3.65. The van der Waals surface area contributed by atoms with Gasteiger partial charge >= 0.3 is 0 Å². The Kier molecular flexibility index (Phi) is 4.84. The molecule has 0 amide bonds. The highest BCUT2D eigenvalue weighted by atomic mass is 32.2. The van der Waals surface area contributed by atoms with E-state index in [1.807, 2.05) is 37.4 Å². The van der Waals surface area contributed by atoms with Crippen LogP contribution in [0.1, 0.15) is 38.2 Å². The number of benzene rings is 1. The topological polar surface area (TPSA) is 35.4 Å². The summed E-state index contributed by atoms with van der Waals surface area (Å²) in [5.41, 5.74) is 1.18. The van der Waals surface area contributed by atoms with E-state index < -0.39 is 11.4 Å². The fourth-order valence-corrected chi connectivity index (χ4v) is 3.07. The van der Waals surface area contributed by atoms with E-state index in [1.165, 1.54) is 31.2 Å². The van der Waals surface area contributed by atoms with Crippen LogP contribution in [-0.4, -0.2) is 10.8 Å². The standard InChI is InChI=1S/C15H21NOS/c1-12-3-7-14(8-4-12)11-16-18(17)15-9-5-13(2)6-10-15/h5-6,9-12,14H,3-4,7-8H2,1-2H3/b16-11+/t12-,14-,18?. The smallest absolute Gasteiger partial charge is 0.182 e. The van der Waals surface area contributed by atoms with Crippen molar-refractivity contribution >= 4 is 17.6 Å². The summed E-state index contributed by atoms with van der Waals surface area (Å²) in [5.74, 6) is 1.37. The Morgan fingerprint density at radius 1 is 1.17 bits per heavy atom. The fourth-order valence-electron chi connectivity index (χ4n) is 2.29. The van der Waals surface area contributed by atoms with Crippen LogP contribution < -0.4 is 0 Å². The van der Waals surface area contributed by atoms with Gasteiger partial charge in [0.15, 0.2) is 4.90 Å². The molecule has 0 bridgehead atoms. The molecule has 98 valence electrons. The number of hydrogen-bond donors (Lipinski definition) is 0. The largest absolute Gasteiger partial charge is 0.586 e. The average Bonchev–Trinajstić information content (AvgIpc) is 2.38. The van der Waals surface area contributed by atoms with Gasteiger partial charge in [-0.1, -0.05) is 41.9 Å². The quantitative estimate of drug-likeness (QED) is 0.601. The number of hydrogen-bond acceptors (Lipinski definition) is 2. The van der Waals surface area contributed by atoms with Gasteiger partial charge in [0.05, 0.1) is 6.21 Å². The molecule has 1 unspecified atom stereocenters. The first-order chi connectivity index (χ1) is 8.65. The first-order valence-corrected chi connectivity index (χ1v) is 7.78. The summed E-state index contributed by atoms with van der Waals surface area (Å²) in [7, 11) is 0. The molecule has 0 N–H and O–H groups in total. The molecule has 3 heteroatoms. The summed E-state index contributed by atoms with van der Waals surface area (Å²) in [5, 5.41) is 0. The van der Waals surface area contributed by atoms with Crippen LogP contribution in [-0.2, 0) is 11.4 Å². The van der Waals surface area contributed by atoms with E-state index >= 15 is 0 Å². The highest BCUT2D eigenvalue weighted by Crippen LogP contribution is 2.27. The molecule has 1 fully saturated rings. The van der Waals surface area contributed by atoms with Crippen molar-refractivity contribution in [2.45, 2.75) is 44.4 Å². The van der Waals surface area contributed by atoms with Crippen LogP contribution in [0.4, 0.5) is 0 Å². The van der Waals surface area contributed by atoms with Crippen molar-refractivity contribution in [1.29, 1.82) is 0 Å². The Balaban J connectivity index is 1.90. The zero-order chi connectivity index (χ0) is 13.0. The Bertz CT molecular complexity index is 393. The maximum absolute atomic E-state index is 12.0. The Hall–Kier alpha value is -0.800. The van der Waals surface area contributed by atoms with Crippen molar-refractivity contribution in [2.75, 3.05) is 0 Å². The lowest BCUT2D eigenvalue weighted by Crippen LogP contribution is -2.14. The zero-order valence-electron chi connectivity index (χ0n) is 11.1. The van der Waals surface area contributed by atoms with Gasteiger partial charge in [0.2, 0.25) is 0 Å². The molecule has 1 atom stereocenters. The molecule has 1 aromatic carbocycles. The molecule has 0 spiro atoms. The van der Waals surface area contributed by atoms with Crippen LogP contribution in [0.3, 0.4) is 0 Å². The summed E-state index contributed by atoms with van der Waals surface area (Å²) in [6, 6.07) is 7.74. The summed E-state index contributed by atoms with van der Waals surface area (Å²) >= 11 is -1.23. The van der Waals surface area contributed by atoms with Gasteiger partial charge in [-0.15, -0.1) is 0 Å². The van der Waals surface area contributed by atoms with Gasteiger partial charge in [0, 0.05) is 0 Å². The van der Waals surface area contributed by atoms with Crippen molar-refractivity contribution in [3.05, 3.63) is 29.8 Å². The zero-order valence-corrected chi connectivity index (χ0v) is 12.0. The van der Waals surface area contributed by atoms with Crippen molar-refractivity contribution in [3.63, 3.8) is 0 Å². The van der Waals surface area contributed by atoms with Crippen LogP contribution in [0.25, 0.3) is 0 Å². The van der Waals surface area contributed by atoms with E-state index in [4.69, 9.17) is 0 Å². The fraction of sp³-hybridized carbons (Fsp3) is 0.533.